The molecule has 0 atom stereocenters. The van der Waals surface area contributed by atoms with Gasteiger partial charge in [0.15, 0.2) is 0 Å². The average molecular weight is 417 g/mol. The summed E-state index contributed by atoms with van der Waals surface area (Å²) in [6.07, 6.45) is 0. The number of anilines is 1. The zero-order chi connectivity index (χ0) is 15.1. The van der Waals surface area contributed by atoms with Gasteiger partial charge in [-0.3, -0.25) is 0 Å². The molecule has 1 aromatic carbocycles. The van der Waals surface area contributed by atoms with E-state index >= 15 is 0 Å². The van der Waals surface area contributed by atoms with Gasteiger partial charge in [0.2, 0.25) is 0 Å². The van der Waals surface area contributed by atoms with Crippen molar-refractivity contribution >= 4 is 5.69 Å². The topological polar surface area (TPSA) is 126 Å². The van der Waals surface area contributed by atoms with Crippen LogP contribution in [0.2, 0.25) is 0 Å². The summed E-state index contributed by atoms with van der Waals surface area (Å²) < 4.78 is 37.5. The summed E-state index contributed by atoms with van der Waals surface area (Å²) in [7, 11) is 0. The fraction of sp³-hybridized carbons (Fsp3) is 0. The van der Waals surface area contributed by atoms with Crippen LogP contribution in [0, 0.1) is 33.3 Å². The van der Waals surface area contributed by atoms with Crippen molar-refractivity contribution in [3.63, 3.8) is 0 Å². The van der Waals surface area contributed by atoms with Gasteiger partial charge < -0.3 is 5.73 Å². The number of rotatable bonds is 0. The van der Waals surface area contributed by atoms with Crippen molar-refractivity contribution in [2.75, 3.05) is 5.73 Å². The van der Waals surface area contributed by atoms with E-state index < -0.39 is 0 Å². The molecule has 0 saturated heterocycles. The van der Waals surface area contributed by atoms with Crippen LogP contribution in [0.4, 0.5) is 5.69 Å². The van der Waals surface area contributed by atoms with E-state index in [1.807, 2.05) is 30.3 Å². The monoisotopic (exact) mass is 417 g/mol. The first kappa shape index (κ1) is 36.0. The zero-order valence-corrected chi connectivity index (χ0v) is 11.8. The maximum absolute atomic E-state index is 7.50. The molecule has 2 N–H and O–H groups in total. The fourth-order valence-corrected chi connectivity index (χ4v) is 0.453. The first-order valence-electron chi connectivity index (χ1n) is 3.22. The summed E-state index contributed by atoms with van der Waals surface area (Å²) in [5, 5.41) is 0. The average Bonchev–Trinajstić information content (AvgIpc) is 2.50. The number of hydrogen-bond donors (Lipinski definition) is 1. The molecule has 0 aliphatic rings. The van der Waals surface area contributed by atoms with Crippen LogP contribution >= 0.6 is 0 Å². The molecule has 0 heterocycles. The Labute approximate surface area is 119 Å². The van der Waals surface area contributed by atoms with E-state index in [0.717, 1.165) is 5.69 Å². The molecule has 0 aliphatic heterocycles. The molecule has 6 nitrogen and oxygen atoms in total. The Kier molecular flexibility index (Phi) is 156. The molecular weight excluding hydrogens is 410 g/mol. The van der Waals surface area contributed by atoms with Crippen molar-refractivity contribution in [2.24, 2.45) is 0 Å². The van der Waals surface area contributed by atoms with Gasteiger partial charge in [-0.1, -0.05) is 18.2 Å². The van der Waals surface area contributed by atoms with E-state index in [0.29, 0.717) is 0 Å². The van der Waals surface area contributed by atoms with E-state index in [1.54, 1.807) is 0 Å². The Bertz CT molecular complexity index is 281. The number of nitrogen functional groups attached to an aromatic ring is 1. The summed E-state index contributed by atoms with van der Waals surface area (Å²) in [6, 6.07) is 9.49. The summed E-state index contributed by atoms with van der Waals surface area (Å²) in [5.41, 5.74) is 6.18. The van der Waals surface area contributed by atoms with Crippen LogP contribution in [0.25, 0.3) is 0 Å². The number of para-hydroxylation sites is 1. The van der Waals surface area contributed by atoms with Crippen molar-refractivity contribution in [3.8, 4) is 0 Å². The molecule has 1 aromatic rings. The third-order valence-corrected chi connectivity index (χ3v) is 0.800. The molecule has 1 rings (SSSR count). The molecule has 0 unspecified atom stereocenters. The van der Waals surface area contributed by atoms with Gasteiger partial charge in [0, 0.05) is 26.8 Å². The van der Waals surface area contributed by atoms with E-state index in [9.17, 15) is 0 Å². The SMILES string of the molecule is Nc1ccccc1.[C-]#[O+].[C-]#[O+].[C-]#[O+].[C-]#[O+].[C-]#[O+].[W]. The van der Waals surface area contributed by atoms with E-state index in [4.69, 9.17) is 29.0 Å². The smallest absolute Gasteiger partial charge is 0 e. The Balaban J connectivity index is -0.0000000285. The zero-order valence-electron chi connectivity index (χ0n) is 8.91. The number of hydrogen-bond acceptors (Lipinski definition) is 1. The van der Waals surface area contributed by atoms with Gasteiger partial charge in [0.1, 0.15) is 0 Å². The number of nitrogens with two attached hydrogens (primary N) is 1. The van der Waals surface area contributed by atoms with E-state index in [-0.39, 0.29) is 21.1 Å². The molecule has 0 bridgehead atoms. The summed E-state index contributed by atoms with van der Waals surface area (Å²) in [5.74, 6) is 0. The van der Waals surface area contributed by atoms with Crippen molar-refractivity contribution < 1.29 is 44.3 Å². The first-order chi connectivity index (χ1) is 8.39. The summed E-state index contributed by atoms with van der Waals surface area (Å²) in [6.45, 7) is 22.5. The van der Waals surface area contributed by atoms with Gasteiger partial charge in [-0.15, -0.1) is 0 Å². The van der Waals surface area contributed by atoms with Crippen LogP contribution in [0.15, 0.2) is 30.3 Å². The minimum absolute atomic E-state index is 0. The Morgan fingerprint density at radius 2 is 0.833 bits per heavy atom. The third-order valence-electron chi connectivity index (χ3n) is 0.800. The molecule has 0 aromatic heterocycles. The van der Waals surface area contributed by atoms with Crippen LogP contribution in [0.1, 0.15) is 0 Å². The normalized spacial score (nSPS) is 3.89. The second kappa shape index (κ2) is 77.9. The predicted molar refractivity (Wildman–Crippen MR) is 50.5 cm³/mol. The standard InChI is InChI=1S/C6H7N.5CO.W/c7-6-4-2-1-3-5-6;5*1-2;/h1-5H,7H2;;;;;;. The molecule has 0 fully saturated rings. The maximum Gasteiger partial charge on any atom is 0 e. The maximum atomic E-state index is 7.50. The van der Waals surface area contributed by atoms with Crippen molar-refractivity contribution in [3.05, 3.63) is 63.6 Å². The molecule has 0 saturated carbocycles. The van der Waals surface area contributed by atoms with Gasteiger partial charge in [-0.2, -0.15) is 0 Å². The Morgan fingerprint density at radius 3 is 0.944 bits per heavy atom. The Hall–Kier alpha value is -1.59. The Morgan fingerprint density at radius 1 is 0.611 bits per heavy atom. The van der Waals surface area contributed by atoms with Crippen LogP contribution in [0.5, 0.6) is 0 Å². The van der Waals surface area contributed by atoms with Gasteiger partial charge in [-0.05, 0) is 12.1 Å². The molecule has 0 radical (unpaired) electrons. The van der Waals surface area contributed by atoms with Crippen LogP contribution < -0.4 is 5.73 Å². The summed E-state index contributed by atoms with van der Waals surface area (Å²) in [4.78, 5) is 0. The second-order valence-electron chi connectivity index (χ2n) is 1.41. The number of benzene rings is 1. The first-order valence-corrected chi connectivity index (χ1v) is 3.22. The molecule has 18 heavy (non-hydrogen) atoms. The van der Waals surface area contributed by atoms with Gasteiger partial charge >= 0.3 is 56.5 Å². The van der Waals surface area contributed by atoms with Crippen molar-refractivity contribution in [1.29, 1.82) is 0 Å². The van der Waals surface area contributed by atoms with Crippen LogP contribution in [-0.2, 0) is 44.3 Å². The van der Waals surface area contributed by atoms with Crippen LogP contribution in [-0.4, -0.2) is 0 Å². The molecule has 7 heteroatoms. The van der Waals surface area contributed by atoms with E-state index in [2.05, 4.69) is 33.3 Å². The fourth-order valence-electron chi connectivity index (χ4n) is 0.453. The van der Waals surface area contributed by atoms with Gasteiger partial charge in [0.05, 0.1) is 0 Å². The third kappa shape index (κ3) is 63.1. The molecule has 92 valence electrons. The van der Waals surface area contributed by atoms with Gasteiger partial charge in [0.25, 0.3) is 0 Å². The van der Waals surface area contributed by atoms with E-state index in [1.165, 1.54) is 0 Å². The molecular formula is C11H7NO5W. The van der Waals surface area contributed by atoms with Crippen LogP contribution in [0.3, 0.4) is 0 Å². The predicted octanol–water partition coefficient (Wildman–Crippen LogP) is 1.08. The molecule has 0 amide bonds. The largest absolute Gasteiger partial charge is 0 e. The quantitative estimate of drug-likeness (QED) is 0.379. The molecule has 0 spiro atoms. The summed E-state index contributed by atoms with van der Waals surface area (Å²) >= 11 is 0. The molecule has 0 aliphatic carbocycles. The second-order valence-corrected chi connectivity index (χ2v) is 1.41. The van der Waals surface area contributed by atoms with Gasteiger partial charge in [-0.25, -0.2) is 0 Å². The minimum atomic E-state index is 0. The van der Waals surface area contributed by atoms with Crippen molar-refractivity contribution in [2.45, 2.75) is 0 Å². The van der Waals surface area contributed by atoms with Crippen molar-refractivity contribution in [1.82, 2.24) is 0 Å². The minimum Gasteiger partial charge on any atom is 0 e.